The Balaban J connectivity index is 0.000000291. The molecule has 0 spiro atoms. The van der Waals surface area contributed by atoms with Crippen molar-refractivity contribution in [3.05, 3.63) is 25.3 Å². The van der Waals surface area contributed by atoms with Gasteiger partial charge in [-0.25, -0.2) is 0 Å². The topological polar surface area (TPSA) is 0 Å². The second-order valence-electron chi connectivity index (χ2n) is 2.11. The zero-order chi connectivity index (χ0) is 6.95. The maximum atomic E-state index is 3.00. The molecule has 0 heteroatoms. The second-order valence-corrected chi connectivity index (χ2v) is 2.11. The summed E-state index contributed by atoms with van der Waals surface area (Å²) in [5.41, 5.74) is 0. The lowest BCUT2D eigenvalue weighted by Gasteiger charge is -1.86. The summed E-state index contributed by atoms with van der Waals surface area (Å²) >= 11 is 0. The van der Waals surface area contributed by atoms with E-state index < -0.39 is 0 Å². The van der Waals surface area contributed by atoms with Crippen molar-refractivity contribution in [1.82, 2.24) is 0 Å². The molecule has 0 aliphatic heterocycles. The van der Waals surface area contributed by atoms with E-state index in [4.69, 9.17) is 0 Å². The highest BCUT2D eigenvalue weighted by Gasteiger charge is 1.88. The summed E-state index contributed by atoms with van der Waals surface area (Å²) in [5, 5.41) is 0. The van der Waals surface area contributed by atoms with Crippen LogP contribution in [-0.2, 0) is 0 Å². The fraction of sp³-hybridized carbons (Fsp3) is 0.556. The van der Waals surface area contributed by atoms with Gasteiger partial charge in [0.25, 0.3) is 0 Å². The van der Waals surface area contributed by atoms with Crippen molar-refractivity contribution in [2.24, 2.45) is 0 Å². The Kier molecular flexibility index (Phi) is 7.05. The Hall–Kier alpha value is -0.520. The molecule has 0 heterocycles. The molecular formula is C9H16. The smallest absolute Gasteiger partial charge is 0.0351 e. The highest BCUT2D eigenvalue weighted by molar-refractivity contribution is 4.83. The van der Waals surface area contributed by atoms with Crippen molar-refractivity contribution in [3.63, 3.8) is 0 Å². The van der Waals surface area contributed by atoms with E-state index in [0.29, 0.717) is 0 Å². The molecule has 0 fully saturated rings. The Morgan fingerprint density at radius 1 is 0.778 bits per heavy atom. The van der Waals surface area contributed by atoms with Gasteiger partial charge in [-0.2, -0.15) is 0 Å². The molecule has 0 aromatic rings. The van der Waals surface area contributed by atoms with Crippen molar-refractivity contribution in [2.45, 2.75) is 32.1 Å². The Bertz CT molecular complexity index is 64.1. The Morgan fingerprint density at radius 3 is 1.67 bits per heavy atom. The minimum Gasteiger partial charge on any atom is -0.106 e. The molecule has 0 saturated carbocycles. The minimum atomic E-state index is 1.32. The van der Waals surface area contributed by atoms with E-state index in [1.807, 2.05) is 0 Å². The molecule has 0 aromatic heterocycles. The van der Waals surface area contributed by atoms with E-state index in [1.165, 1.54) is 32.1 Å². The lowest BCUT2D eigenvalue weighted by molar-refractivity contribution is 0.718. The fourth-order valence-electron chi connectivity index (χ4n) is 0.937. The van der Waals surface area contributed by atoms with Gasteiger partial charge in [0.1, 0.15) is 0 Å². The van der Waals surface area contributed by atoms with Gasteiger partial charge in [0.15, 0.2) is 0 Å². The monoisotopic (exact) mass is 124 g/mol. The van der Waals surface area contributed by atoms with Gasteiger partial charge in [0.05, 0.1) is 0 Å². The van der Waals surface area contributed by atoms with Crippen LogP contribution < -0.4 is 0 Å². The van der Waals surface area contributed by atoms with Crippen LogP contribution in [0.5, 0.6) is 0 Å². The average molecular weight is 124 g/mol. The highest BCUT2D eigenvalue weighted by Crippen LogP contribution is 2.08. The molecule has 0 unspecified atom stereocenters. The molecule has 0 saturated heterocycles. The Labute approximate surface area is 58.3 Å². The van der Waals surface area contributed by atoms with Gasteiger partial charge < -0.3 is 0 Å². The largest absolute Gasteiger partial charge is 0.106 e. The lowest BCUT2D eigenvalue weighted by atomic mass is 10.2. The van der Waals surface area contributed by atoms with E-state index in [9.17, 15) is 0 Å². The van der Waals surface area contributed by atoms with Gasteiger partial charge in [-0.1, -0.05) is 18.6 Å². The molecule has 1 aliphatic carbocycles. The summed E-state index contributed by atoms with van der Waals surface area (Å²) in [6.07, 6.45) is 11.5. The third-order valence-electron chi connectivity index (χ3n) is 1.41. The van der Waals surface area contributed by atoms with Crippen molar-refractivity contribution in [1.29, 1.82) is 0 Å². The first-order valence-electron chi connectivity index (χ1n) is 3.65. The standard InChI is InChI=1S/C7H12.C2H4/c1-2-4-6-7-5-3-1;1-2/h1-2H,3-7H2;1-2H2. The van der Waals surface area contributed by atoms with Crippen LogP contribution >= 0.6 is 0 Å². The van der Waals surface area contributed by atoms with Crippen molar-refractivity contribution < 1.29 is 0 Å². The van der Waals surface area contributed by atoms with Gasteiger partial charge in [-0.3, -0.25) is 0 Å². The quantitative estimate of drug-likeness (QED) is 0.434. The van der Waals surface area contributed by atoms with E-state index in [1.54, 1.807) is 0 Å². The van der Waals surface area contributed by atoms with Crippen LogP contribution in [0.15, 0.2) is 25.3 Å². The number of rotatable bonds is 0. The van der Waals surface area contributed by atoms with E-state index >= 15 is 0 Å². The molecule has 0 bridgehead atoms. The predicted molar refractivity (Wildman–Crippen MR) is 43.5 cm³/mol. The first-order valence-corrected chi connectivity index (χ1v) is 3.65. The molecule has 1 aliphatic rings. The van der Waals surface area contributed by atoms with Crippen molar-refractivity contribution in [2.75, 3.05) is 0 Å². The summed E-state index contributed by atoms with van der Waals surface area (Å²) in [7, 11) is 0. The van der Waals surface area contributed by atoms with Crippen LogP contribution in [0.4, 0.5) is 0 Å². The maximum absolute atomic E-state index is 3.00. The van der Waals surface area contributed by atoms with Crippen LogP contribution in [-0.4, -0.2) is 0 Å². The maximum Gasteiger partial charge on any atom is -0.0351 e. The molecule has 0 radical (unpaired) electrons. The molecule has 9 heavy (non-hydrogen) atoms. The van der Waals surface area contributed by atoms with Crippen LogP contribution in [0.3, 0.4) is 0 Å². The molecule has 0 nitrogen and oxygen atoms in total. The third-order valence-corrected chi connectivity index (χ3v) is 1.41. The first-order chi connectivity index (χ1) is 4.50. The van der Waals surface area contributed by atoms with Crippen LogP contribution in [0.2, 0.25) is 0 Å². The molecule has 0 aromatic carbocycles. The van der Waals surface area contributed by atoms with Gasteiger partial charge in [-0.15, -0.1) is 13.2 Å². The van der Waals surface area contributed by atoms with Gasteiger partial charge in [-0.05, 0) is 25.7 Å². The third kappa shape index (κ3) is 5.35. The number of hydrogen-bond acceptors (Lipinski definition) is 0. The summed E-state index contributed by atoms with van der Waals surface area (Å²) in [6.45, 7) is 6.00. The van der Waals surface area contributed by atoms with Gasteiger partial charge in [0.2, 0.25) is 0 Å². The normalized spacial score (nSPS) is 17.3. The van der Waals surface area contributed by atoms with Crippen LogP contribution in [0.25, 0.3) is 0 Å². The zero-order valence-electron chi connectivity index (χ0n) is 6.10. The highest BCUT2D eigenvalue weighted by atomic mass is 13.9. The molecule has 0 amide bonds. The summed E-state index contributed by atoms with van der Waals surface area (Å²) < 4.78 is 0. The van der Waals surface area contributed by atoms with Crippen LogP contribution in [0, 0.1) is 0 Å². The van der Waals surface area contributed by atoms with Gasteiger partial charge >= 0.3 is 0 Å². The number of hydrogen-bond donors (Lipinski definition) is 0. The van der Waals surface area contributed by atoms with Crippen LogP contribution in [0.1, 0.15) is 32.1 Å². The minimum absolute atomic E-state index is 1.32. The van der Waals surface area contributed by atoms with E-state index in [0.717, 1.165) is 0 Å². The molecule has 1 rings (SSSR count). The van der Waals surface area contributed by atoms with E-state index in [-0.39, 0.29) is 0 Å². The lowest BCUT2D eigenvalue weighted by Crippen LogP contribution is -1.67. The SMILES string of the molecule is C1=CCCCCC1.C=C. The predicted octanol–water partition coefficient (Wildman–Crippen LogP) is 3.31. The second kappa shape index (κ2) is 7.48. The van der Waals surface area contributed by atoms with E-state index in [2.05, 4.69) is 25.3 Å². The summed E-state index contributed by atoms with van der Waals surface area (Å²) in [6, 6.07) is 0. The van der Waals surface area contributed by atoms with Gasteiger partial charge in [0, 0.05) is 0 Å². The first kappa shape index (κ1) is 8.48. The summed E-state index contributed by atoms with van der Waals surface area (Å²) in [5.74, 6) is 0. The zero-order valence-corrected chi connectivity index (χ0v) is 6.10. The molecule has 0 atom stereocenters. The molecule has 0 N–H and O–H groups in total. The average Bonchev–Trinajstić information content (AvgIpc) is 2.21. The fourth-order valence-corrected chi connectivity index (χ4v) is 0.937. The molecular weight excluding hydrogens is 108 g/mol. The molecule has 52 valence electrons. The van der Waals surface area contributed by atoms with Crippen molar-refractivity contribution >= 4 is 0 Å². The Morgan fingerprint density at radius 2 is 1.22 bits per heavy atom. The number of allylic oxidation sites excluding steroid dienone is 2. The summed E-state index contributed by atoms with van der Waals surface area (Å²) in [4.78, 5) is 0. The van der Waals surface area contributed by atoms with Crippen molar-refractivity contribution in [3.8, 4) is 0 Å².